The summed E-state index contributed by atoms with van der Waals surface area (Å²) in [5.41, 5.74) is 3.09. The van der Waals surface area contributed by atoms with Gasteiger partial charge in [-0.2, -0.15) is 13.8 Å². The Hall–Kier alpha value is -2.99. The highest BCUT2D eigenvalue weighted by atomic mass is 32.1. The number of rotatable bonds is 5. The number of piperazine rings is 1. The van der Waals surface area contributed by atoms with Crippen molar-refractivity contribution in [2.24, 2.45) is 0 Å². The number of nitrogens with zero attached hydrogens (tertiary/aromatic N) is 4. The van der Waals surface area contributed by atoms with Crippen LogP contribution < -0.4 is 14.7 Å². The standard InChI is InChI=1S/C19H18F2N4O5S/c20-19(21,8-26)30-14-4-3-12(13-7-31-9-22-13)16-15(14)23-17(29-16)24-5-10-1-2-11(6-24)25(10)18(27)28/h3-4,7,9-11,26H,1-2,5-6,8H2,(H,27,28)/p-1. The molecule has 2 aromatic heterocycles. The molecule has 2 saturated heterocycles. The summed E-state index contributed by atoms with van der Waals surface area (Å²) in [6, 6.07) is 2.58. The van der Waals surface area contributed by atoms with Crippen LogP contribution in [0.2, 0.25) is 0 Å². The topological polar surface area (TPSA) is 115 Å². The van der Waals surface area contributed by atoms with Crippen LogP contribution in [-0.2, 0) is 0 Å². The fourth-order valence-electron chi connectivity index (χ4n) is 4.29. The average Bonchev–Trinajstić information content (AvgIpc) is 3.46. The van der Waals surface area contributed by atoms with Gasteiger partial charge in [0.05, 0.1) is 11.2 Å². The Balaban J connectivity index is 1.56. The number of aliphatic hydroxyl groups is 1. The summed E-state index contributed by atoms with van der Waals surface area (Å²) in [6.45, 7) is -0.778. The van der Waals surface area contributed by atoms with E-state index in [2.05, 4.69) is 9.97 Å². The van der Waals surface area contributed by atoms with Gasteiger partial charge in [-0.15, -0.1) is 11.3 Å². The SMILES string of the molecule is O=C([O-])N1C2CCC1CN(c1nc3c(OC(F)(F)CO)ccc(-c4cscn4)c3o1)C2. The van der Waals surface area contributed by atoms with Crippen molar-refractivity contribution in [1.29, 1.82) is 0 Å². The van der Waals surface area contributed by atoms with E-state index in [-0.39, 0.29) is 34.9 Å². The van der Waals surface area contributed by atoms with Crippen molar-refractivity contribution in [2.75, 3.05) is 24.6 Å². The molecule has 1 amide bonds. The third-order valence-corrected chi connectivity index (χ3v) is 6.20. The van der Waals surface area contributed by atoms with Crippen LogP contribution in [0.3, 0.4) is 0 Å². The summed E-state index contributed by atoms with van der Waals surface area (Å²) in [4.78, 5) is 23.2. The predicted octanol–water partition coefficient (Wildman–Crippen LogP) is 1.91. The summed E-state index contributed by atoms with van der Waals surface area (Å²) in [6.07, 6.45) is -3.57. The van der Waals surface area contributed by atoms with E-state index in [1.165, 1.54) is 22.3 Å². The lowest BCUT2D eigenvalue weighted by Crippen LogP contribution is -2.59. The van der Waals surface area contributed by atoms with E-state index in [0.29, 0.717) is 37.2 Å². The third-order valence-electron chi connectivity index (χ3n) is 5.61. The van der Waals surface area contributed by atoms with E-state index >= 15 is 0 Å². The number of ether oxygens (including phenoxy) is 1. The van der Waals surface area contributed by atoms with Gasteiger partial charge in [0.15, 0.2) is 16.8 Å². The summed E-state index contributed by atoms with van der Waals surface area (Å²) in [5, 5.41) is 22.1. The van der Waals surface area contributed by atoms with Gasteiger partial charge < -0.3 is 34.0 Å². The Morgan fingerprint density at radius 2 is 2.10 bits per heavy atom. The molecule has 2 unspecified atom stereocenters. The van der Waals surface area contributed by atoms with Crippen molar-refractivity contribution in [3.05, 3.63) is 23.0 Å². The van der Waals surface area contributed by atoms with Gasteiger partial charge in [-0.05, 0) is 25.0 Å². The number of carbonyl (C=O) groups excluding carboxylic acids is 1. The molecule has 2 bridgehead atoms. The minimum absolute atomic E-state index is 0.0725. The molecule has 31 heavy (non-hydrogen) atoms. The lowest BCUT2D eigenvalue weighted by atomic mass is 10.1. The van der Waals surface area contributed by atoms with E-state index < -0.39 is 18.8 Å². The summed E-state index contributed by atoms with van der Waals surface area (Å²) >= 11 is 1.37. The molecule has 2 fully saturated rings. The zero-order chi connectivity index (χ0) is 21.8. The van der Waals surface area contributed by atoms with Gasteiger partial charge >= 0.3 is 6.11 Å². The van der Waals surface area contributed by atoms with Gasteiger partial charge in [-0.1, -0.05) is 0 Å². The predicted molar refractivity (Wildman–Crippen MR) is 104 cm³/mol. The first-order valence-electron chi connectivity index (χ1n) is 9.60. The molecule has 3 aromatic rings. The Kier molecular flexibility index (Phi) is 4.70. The average molecular weight is 451 g/mol. The quantitative estimate of drug-likeness (QED) is 0.626. The maximum atomic E-state index is 13.7. The lowest BCUT2D eigenvalue weighted by molar-refractivity contribution is -0.269. The van der Waals surface area contributed by atoms with Gasteiger partial charge in [0.25, 0.3) is 6.01 Å². The van der Waals surface area contributed by atoms with Crippen molar-refractivity contribution < 1.29 is 32.9 Å². The largest absolute Gasteiger partial charge is 0.530 e. The summed E-state index contributed by atoms with van der Waals surface area (Å²) < 4.78 is 38.1. The third kappa shape index (κ3) is 3.45. The van der Waals surface area contributed by atoms with Crippen molar-refractivity contribution in [3.8, 4) is 17.0 Å². The molecule has 12 heteroatoms. The van der Waals surface area contributed by atoms with E-state index in [9.17, 15) is 18.7 Å². The first-order valence-corrected chi connectivity index (χ1v) is 10.5. The Morgan fingerprint density at radius 1 is 1.35 bits per heavy atom. The molecule has 5 rings (SSSR count). The highest BCUT2D eigenvalue weighted by Crippen LogP contribution is 2.40. The number of hydrogen-bond donors (Lipinski definition) is 1. The van der Waals surface area contributed by atoms with Crippen LogP contribution >= 0.6 is 11.3 Å². The molecule has 1 N–H and O–H groups in total. The van der Waals surface area contributed by atoms with Crippen molar-refractivity contribution in [1.82, 2.24) is 14.9 Å². The molecule has 0 aliphatic carbocycles. The number of hydrogen-bond acceptors (Lipinski definition) is 9. The number of aromatic nitrogens is 2. The first-order chi connectivity index (χ1) is 14.9. The number of carboxylic acid groups (broad SMARTS) is 1. The summed E-state index contributed by atoms with van der Waals surface area (Å²) in [7, 11) is 0. The molecular weight excluding hydrogens is 434 g/mol. The maximum absolute atomic E-state index is 13.7. The van der Waals surface area contributed by atoms with Gasteiger partial charge in [0.2, 0.25) is 0 Å². The minimum Gasteiger partial charge on any atom is -0.530 e. The first kappa shape index (κ1) is 19.9. The van der Waals surface area contributed by atoms with Gasteiger partial charge in [0.1, 0.15) is 12.7 Å². The van der Waals surface area contributed by atoms with Crippen molar-refractivity contribution >= 4 is 34.5 Å². The fourth-order valence-corrected chi connectivity index (χ4v) is 4.84. The number of fused-ring (bicyclic) bond motifs is 3. The normalized spacial score (nSPS) is 21.1. The molecule has 4 heterocycles. The van der Waals surface area contributed by atoms with E-state index in [0.717, 1.165) is 0 Å². The van der Waals surface area contributed by atoms with Gasteiger partial charge in [0, 0.05) is 36.1 Å². The van der Waals surface area contributed by atoms with Crippen LogP contribution in [0.5, 0.6) is 5.75 Å². The second kappa shape index (κ2) is 7.31. The van der Waals surface area contributed by atoms with Crippen molar-refractivity contribution in [2.45, 2.75) is 31.0 Å². The summed E-state index contributed by atoms with van der Waals surface area (Å²) in [5.74, 6) is -0.237. The zero-order valence-corrected chi connectivity index (χ0v) is 16.8. The number of oxazole rings is 1. The molecule has 2 atom stereocenters. The van der Waals surface area contributed by atoms with Crippen LogP contribution in [-0.4, -0.2) is 64.0 Å². The molecular formula is C19H17F2N4O5S-. The van der Waals surface area contributed by atoms with Crippen molar-refractivity contribution in [3.63, 3.8) is 0 Å². The Morgan fingerprint density at radius 3 is 2.71 bits per heavy atom. The van der Waals surface area contributed by atoms with Crippen LogP contribution in [0.25, 0.3) is 22.4 Å². The molecule has 164 valence electrons. The van der Waals surface area contributed by atoms with Crippen LogP contribution in [0.4, 0.5) is 19.6 Å². The number of alkyl halides is 2. The smallest absolute Gasteiger partial charge is 0.421 e. The lowest BCUT2D eigenvalue weighted by Gasteiger charge is -2.41. The number of thiazole rings is 1. The second-order valence-corrected chi connectivity index (χ2v) is 8.24. The number of anilines is 1. The number of halogens is 2. The molecule has 0 saturated carbocycles. The highest BCUT2D eigenvalue weighted by Gasteiger charge is 2.41. The fraction of sp³-hybridized carbons (Fsp3) is 0.421. The number of carbonyl (C=O) groups is 1. The van der Waals surface area contributed by atoms with Crippen LogP contribution in [0.1, 0.15) is 12.8 Å². The van der Waals surface area contributed by atoms with E-state index in [1.807, 2.05) is 0 Å². The van der Waals surface area contributed by atoms with Crippen LogP contribution in [0, 0.1) is 0 Å². The number of amides is 1. The molecule has 2 aliphatic heterocycles. The van der Waals surface area contributed by atoms with E-state index in [1.54, 1.807) is 21.9 Å². The molecule has 9 nitrogen and oxygen atoms in total. The molecule has 2 aliphatic rings. The minimum atomic E-state index is -3.78. The monoisotopic (exact) mass is 451 g/mol. The Labute approximate surface area is 178 Å². The molecule has 0 radical (unpaired) electrons. The second-order valence-electron chi connectivity index (χ2n) is 7.52. The molecule has 1 aromatic carbocycles. The van der Waals surface area contributed by atoms with Gasteiger partial charge in [-0.3, -0.25) is 0 Å². The Bertz CT molecular complexity index is 1110. The number of benzene rings is 1. The zero-order valence-electron chi connectivity index (χ0n) is 16.0. The maximum Gasteiger partial charge on any atom is 0.421 e. The van der Waals surface area contributed by atoms with E-state index in [4.69, 9.17) is 14.3 Å². The highest BCUT2D eigenvalue weighted by molar-refractivity contribution is 7.07. The number of aliphatic hydroxyl groups excluding tert-OH is 1. The van der Waals surface area contributed by atoms with Gasteiger partial charge in [-0.25, -0.2) is 4.98 Å². The van der Waals surface area contributed by atoms with Crippen LogP contribution in [0.15, 0.2) is 27.4 Å². The molecule has 0 spiro atoms.